The van der Waals surface area contributed by atoms with E-state index in [9.17, 15) is 14.4 Å². The molecule has 9 heteroatoms. The summed E-state index contributed by atoms with van der Waals surface area (Å²) in [4.78, 5) is 36.3. The molecule has 0 aliphatic heterocycles. The van der Waals surface area contributed by atoms with Crippen molar-refractivity contribution in [3.8, 4) is 5.75 Å². The van der Waals surface area contributed by atoms with Gasteiger partial charge < -0.3 is 15.2 Å². The molecule has 172 valence electrons. The third-order valence-electron chi connectivity index (χ3n) is 4.33. The van der Waals surface area contributed by atoms with Gasteiger partial charge in [0.1, 0.15) is 11.4 Å². The van der Waals surface area contributed by atoms with E-state index in [0.717, 1.165) is 0 Å². The number of carboxylic acid groups (broad SMARTS) is 1. The lowest BCUT2D eigenvalue weighted by Gasteiger charge is -2.10. The normalized spacial score (nSPS) is 11.1. The van der Waals surface area contributed by atoms with E-state index in [-0.39, 0.29) is 11.4 Å². The Morgan fingerprint density at radius 2 is 1.65 bits per heavy atom. The minimum absolute atomic E-state index is 0.00574. The lowest BCUT2D eigenvalue weighted by molar-refractivity contribution is -0.139. The van der Waals surface area contributed by atoms with Gasteiger partial charge in [-0.05, 0) is 42.0 Å². The van der Waals surface area contributed by atoms with Crippen molar-refractivity contribution >= 4 is 46.0 Å². The zero-order valence-corrected chi connectivity index (χ0v) is 19.4. The minimum Gasteiger partial charge on any atom is -0.481 e. The molecule has 0 saturated heterocycles. The molecule has 0 aliphatic carbocycles. The van der Waals surface area contributed by atoms with E-state index in [1.54, 1.807) is 60.7 Å². The van der Waals surface area contributed by atoms with Gasteiger partial charge in [-0.25, -0.2) is 10.2 Å². The standard InChI is InChI=1S/C25H20BrN3O5/c26-20-11-12-22(34-16-23(30)31)19(14-20)15-27-29-25(33)21(13-17-7-3-1-4-8-17)28-24(32)18-9-5-2-6-10-18/h1-15H,16H2,(H,28,32)(H,29,33)(H,30,31)/b21-13-,27-15+. The third-order valence-corrected chi connectivity index (χ3v) is 4.83. The van der Waals surface area contributed by atoms with Crippen LogP contribution in [0.25, 0.3) is 6.08 Å². The van der Waals surface area contributed by atoms with Crippen LogP contribution in [0.2, 0.25) is 0 Å². The average molecular weight is 522 g/mol. The molecule has 0 bridgehead atoms. The molecule has 2 amide bonds. The molecule has 0 unspecified atom stereocenters. The maximum absolute atomic E-state index is 12.8. The minimum atomic E-state index is -1.12. The van der Waals surface area contributed by atoms with E-state index in [1.807, 2.05) is 18.2 Å². The average Bonchev–Trinajstić information content (AvgIpc) is 2.84. The van der Waals surface area contributed by atoms with Crippen LogP contribution >= 0.6 is 15.9 Å². The number of hydrogen-bond donors (Lipinski definition) is 3. The molecule has 0 heterocycles. The Hall–Kier alpha value is -4.24. The molecule has 3 aromatic rings. The Bertz CT molecular complexity index is 1230. The van der Waals surface area contributed by atoms with E-state index in [4.69, 9.17) is 9.84 Å². The van der Waals surface area contributed by atoms with Gasteiger partial charge in [-0.15, -0.1) is 0 Å². The number of carboxylic acids is 1. The number of ether oxygens (including phenoxy) is 1. The summed E-state index contributed by atoms with van der Waals surface area (Å²) < 4.78 is 5.96. The lowest BCUT2D eigenvalue weighted by Crippen LogP contribution is -2.32. The summed E-state index contributed by atoms with van der Waals surface area (Å²) in [6, 6.07) is 22.5. The van der Waals surface area contributed by atoms with Crippen LogP contribution < -0.4 is 15.5 Å². The number of nitrogens with zero attached hydrogens (tertiary/aromatic N) is 1. The summed E-state index contributed by atoms with van der Waals surface area (Å²) in [5, 5.41) is 15.4. The first-order chi connectivity index (χ1) is 16.4. The Kier molecular flexibility index (Phi) is 8.70. The maximum atomic E-state index is 12.8. The number of aliphatic carboxylic acids is 1. The Morgan fingerprint density at radius 3 is 2.32 bits per heavy atom. The first kappa shape index (κ1) is 24.4. The van der Waals surface area contributed by atoms with Gasteiger partial charge in [-0.3, -0.25) is 9.59 Å². The highest BCUT2D eigenvalue weighted by Crippen LogP contribution is 2.21. The van der Waals surface area contributed by atoms with Gasteiger partial charge in [0.25, 0.3) is 11.8 Å². The van der Waals surface area contributed by atoms with Crippen LogP contribution in [-0.2, 0) is 9.59 Å². The molecule has 0 aromatic heterocycles. The number of amides is 2. The van der Waals surface area contributed by atoms with Crippen LogP contribution in [0.1, 0.15) is 21.5 Å². The fourth-order valence-corrected chi connectivity index (χ4v) is 3.15. The highest BCUT2D eigenvalue weighted by Gasteiger charge is 2.14. The number of nitrogens with one attached hydrogen (secondary N) is 2. The van der Waals surface area contributed by atoms with Gasteiger partial charge in [0.05, 0.1) is 6.21 Å². The summed E-state index contributed by atoms with van der Waals surface area (Å²) in [5.74, 6) is -1.93. The van der Waals surface area contributed by atoms with Gasteiger partial charge in [-0.2, -0.15) is 5.10 Å². The predicted molar refractivity (Wildman–Crippen MR) is 131 cm³/mol. The number of benzene rings is 3. The molecule has 34 heavy (non-hydrogen) atoms. The van der Waals surface area contributed by atoms with E-state index in [2.05, 4.69) is 31.8 Å². The summed E-state index contributed by atoms with van der Waals surface area (Å²) in [5.41, 5.74) is 3.92. The van der Waals surface area contributed by atoms with Crippen LogP contribution in [0, 0.1) is 0 Å². The van der Waals surface area contributed by atoms with Crippen LogP contribution in [0.5, 0.6) is 5.75 Å². The van der Waals surface area contributed by atoms with Crippen LogP contribution in [0.15, 0.2) is 94.1 Å². The predicted octanol–water partition coefficient (Wildman–Crippen LogP) is 3.83. The molecule has 0 aliphatic rings. The zero-order chi connectivity index (χ0) is 24.3. The topological polar surface area (TPSA) is 117 Å². The monoisotopic (exact) mass is 521 g/mol. The SMILES string of the molecule is O=C(O)COc1ccc(Br)cc1/C=N/NC(=O)/C(=C/c1ccccc1)NC(=O)c1ccccc1. The number of hydrogen-bond acceptors (Lipinski definition) is 5. The molecular weight excluding hydrogens is 502 g/mol. The Balaban J connectivity index is 1.79. The number of hydrazone groups is 1. The summed E-state index contributed by atoms with van der Waals surface area (Å²) in [7, 11) is 0. The van der Waals surface area contributed by atoms with Gasteiger partial charge in [-0.1, -0.05) is 64.5 Å². The second-order valence-electron chi connectivity index (χ2n) is 6.85. The Morgan fingerprint density at radius 1 is 0.971 bits per heavy atom. The fraction of sp³-hybridized carbons (Fsp3) is 0.0400. The van der Waals surface area contributed by atoms with Crippen molar-refractivity contribution in [2.75, 3.05) is 6.61 Å². The zero-order valence-electron chi connectivity index (χ0n) is 17.8. The Labute approximate surface area is 204 Å². The number of rotatable bonds is 9. The molecule has 0 radical (unpaired) electrons. The molecule has 3 N–H and O–H groups in total. The van der Waals surface area contributed by atoms with Gasteiger partial charge in [0.2, 0.25) is 0 Å². The molecular formula is C25H20BrN3O5. The van der Waals surface area contributed by atoms with E-state index in [1.165, 1.54) is 12.3 Å². The van der Waals surface area contributed by atoms with Crippen molar-refractivity contribution in [2.45, 2.75) is 0 Å². The van der Waals surface area contributed by atoms with Crippen molar-refractivity contribution in [3.63, 3.8) is 0 Å². The van der Waals surface area contributed by atoms with E-state index < -0.39 is 24.4 Å². The molecule has 0 atom stereocenters. The van der Waals surface area contributed by atoms with Crippen molar-refractivity contribution in [1.82, 2.24) is 10.7 Å². The molecule has 3 aromatic carbocycles. The fourth-order valence-electron chi connectivity index (χ4n) is 2.77. The largest absolute Gasteiger partial charge is 0.481 e. The third kappa shape index (κ3) is 7.42. The number of halogens is 1. The van der Waals surface area contributed by atoms with Crippen molar-refractivity contribution < 1.29 is 24.2 Å². The number of carbonyl (C=O) groups is 3. The molecule has 0 saturated carbocycles. The molecule has 8 nitrogen and oxygen atoms in total. The first-order valence-electron chi connectivity index (χ1n) is 10.0. The van der Waals surface area contributed by atoms with Crippen LogP contribution in [-0.4, -0.2) is 35.7 Å². The van der Waals surface area contributed by atoms with Crippen LogP contribution in [0.4, 0.5) is 0 Å². The second-order valence-corrected chi connectivity index (χ2v) is 7.77. The smallest absolute Gasteiger partial charge is 0.341 e. The number of carbonyl (C=O) groups excluding carboxylic acids is 2. The quantitative estimate of drug-likeness (QED) is 0.224. The van der Waals surface area contributed by atoms with Crippen molar-refractivity contribution in [3.05, 3.63) is 106 Å². The highest BCUT2D eigenvalue weighted by molar-refractivity contribution is 9.10. The van der Waals surface area contributed by atoms with E-state index >= 15 is 0 Å². The van der Waals surface area contributed by atoms with Gasteiger partial charge >= 0.3 is 5.97 Å². The van der Waals surface area contributed by atoms with Gasteiger partial charge in [0, 0.05) is 15.6 Å². The summed E-state index contributed by atoms with van der Waals surface area (Å²) in [6.07, 6.45) is 2.85. The molecule has 0 spiro atoms. The van der Waals surface area contributed by atoms with Crippen molar-refractivity contribution in [1.29, 1.82) is 0 Å². The highest BCUT2D eigenvalue weighted by atomic mass is 79.9. The summed E-state index contributed by atoms with van der Waals surface area (Å²) >= 11 is 3.33. The van der Waals surface area contributed by atoms with Crippen LogP contribution in [0.3, 0.4) is 0 Å². The molecule has 3 rings (SSSR count). The maximum Gasteiger partial charge on any atom is 0.341 e. The molecule has 0 fully saturated rings. The van der Waals surface area contributed by atoms with E-state index in [0.29, 0.717) is 21.2 Å². The van der Waals surface area contributed by atoms with Gasteiger partial charge in [0.15, 0.2) is 6.61 Å². The lowest BCUT2D eigenvalue weighted by atomic mass is 10.1. The summed E-state index contributed by atoms with van der Waals surface area (Å²) in [6.45, 7) is -0.524. The first-order valence-corrected chi connectivity index (χ1v) is 10.8. The van der Waals surface area contributed by atoms with Crippen molar-refractivity contribution in [2.24, 2.45) is 5.10 Å². The second kappa shape index (κ2) is 12.1.